The molecule has 5 rings (SSSR count). The lowest BCUT2D eigenvalue weighted by molar-refractivity contribution is 0.222. The van der Waals surface area contributed by atoms with Crippen molar-refractivity contribution in [3.05, 3.63) is 59.2 Å². The third kappa shape index (κ3) is 7.44. The molecule has 13 heteroatoms. The molecule has 0 amide bonds. The van der Waals surface area contributed by atoms with Gasteiger partial charge in [-0.05, 0) is 89.9 Å². The summed E-state index contributed by atoms with van der Waals surface area (Å²) in [7, 11) is -3.67. The first-order valence-corrected chi connectivity index (χ1v) is 15.7. The van der Waals surface area contributed by atoms with Gasteiger partial charge in [0.2, 0.25) is 5.95 Å². The van der Waals surface area contributed by atoms with Crippen LogP contribution in [0.15, 0.2) is 30.5 Å². The monoisotopic (exact) mass is 601 g/mol. The van der Waals surface area contributed by atoms with Crippen molar-refractivity contribution in [2.75, 3.05) is 31.2 Å². The number of aryl methyl sites for hydroxylation is 2. The smallest absolute Gasteiger partial charge is 0.261 e. The van der Waals surface area contributed by atoms with E-state index in [9.17, 15) is 17.2 Å². The topological polar surface area (TPSA) is 126 Å². The Morgan fingerprint density at radius 3 is 2.33 bits per heavy atom. The van der Waals surface area contributed by atoms with E-state index in [0.29, 0.717) is 34.9 Å². The lowest BCUT2D eigenvalue weighted by Crippen LogP contribution is -2.32. The van der Waals surface area contributed by atoms with Gasteiger partial charge in [0.1, 0.15) is 22.9 Å². The zero-order chi connectivity index (χ0) is 30.8. The molecule has 2 N–H and O–H groups in total. The highest BCUT2D eigenvalue weighted by atomic mass is 32.2. The molecule has 0 radical (unpaired) electrons. The second-order valence-electron chi connectivity index (χ2n) is 10.8. The van der Waals surface area contributed by atoms with Gasteiger partial charge in [-0.1, -0.05) is 13.0 Å². The first kappa shape index (κ1) is 31.4. The van der Waals surface area contributed by atoms with Gasteiger partial charge in [-0.3, -0.25) is 4.55 Å². The Morgan fingerprint density at radius 2 is 1.74 bits per heavy atom. The van der Waals surface area contributed by atoms with Crippen molar-refractivity contribution in [2.45, 2.75) is 59.4 Å². The highest BCUT2D eigenvalue weighted by molar-refractivity contribution is 7.85. The standard InChI is InChI=1S/C28H33F2N7.CH4O3S/c1-6-36-11-9-19(10-12-36)21-7-8-25(32-17(21)4)34-28-31-15-23(30)26(35-28)20-13-22(29)27-24(14-20)37(16(2)3)18(5)33-27;1-5(2,3)4/h7-8,13-16,19H,6,9-12H2,1-5H3,(H,31,32,34,35);1H3,(H,2,3,4). The summed E-state index contributed by atoms with van der Waals surface area (Å²) in [6, 6.07) is 7.10. The van der Waals surface area contributed by atoms with Crippen LogP contribution in [0.25, 0.3) is 22.3 Å². The molecular weight excluding hydrogens is 564 g/mol. The van der Waals surface area contributed by atoms with E-state index in [1.807, 2.05) is 38.3 Å². The molecule has 1 saturated heterocycles. The Hall–Kier alpha value is -3.55. The van der Waals surface area contributed by atoms with Gasteiger partial charge in [0.15, 0.2) is 11.6 Å². The molecule has 1 aliphatic rings. The molecule has 42 heavy (non-hydrogen) atoms. The number of hydrogen-bond donors (Lipinski definition) is 2. The highest BCUT2D eigenvalue weighted by Crippen LogP contribution is 2.32. The van der Waals surface area contributed by atoms with Crippen molar-refractivity contribution in [3.8, 4) is 11.3 Å². The highest BCUT2D eigenvalue weighted by Gasteiger charge is 2.22. The predicted octanol–water partition coefficient (Wildman–Crippen LogP) is 5.81. The van der Waals surface area contributed by atoms with Crippen LogP contribution in [-0.2, 0) is 10.1 Å². The molecule has 0 aliphatic carbocycles. The minimum atomic E-state index is -3.67. The molecule has 10 nitrogen and oxygen atoms in total. The Bertz CT molecular complexity index is 1680. The third-order valence-electron chi connectivity index (χ3n) is 7.30. The van der Waals surface area contributed by atoms with E-state index in [-0.39, 0.29) is 23.2 Å². The average Bonchev–Trinajstić information content (AvgIpc) is 3.25. The number of anilines is 2. The van der Waals surface area contributed by atoms with Crippen LogP contribution in [0.2, 0.25) is 0 Å². The van der Waals surface area contributed by atoms with Crippen LogP contribution in [-0.4, -0.2) is 68.3 Å². The van der Waals surface area contributed by atoms with Crippen LogP contribution >= 0.6 is 0 Å². The second kappa shape index (κ2) is 12.8. The molecule has 4 heterocycles. The number of likely N-dealkylation sites (tertiary alicyclic amines) is 1. The van der Waals surface area contributed by atoms with Crippen molar-refractivity contribution in [1.29, 1.82) is 0 Å². The van der Waals surface area contributed by atoms with Crippen molar-refractivity contribution < 1.29 is 21.8 Å². The molecule has 1 fully saturated rings. The number of halogens is 2. The maximum absolute atomic E-state index is 15.0. The number of nitrogens with zero attached hydrogens (tertiary/aromatic N) is 6. The van der Waals surface area contributed by atoms with Gasteiger partial charge in [-0.2, -0.15) is 8.42 Å². The fraction of sp³-hybridized carbons (Fsp3) is 0.448. The Morgan fingerprint density at radius 1 is 1.07 bits per heavy atom. The lowest BCUT2D eigenvalue weighted by Gasteiger charge is -2.31. The number of aromatic nitrogens is 5. The fourth-order valence-corrected chi connectivity index (χ4v) is 5.43. The normalized spacial score (nSPS) is 14.7. The molecule has 3 aromatic heterocycles. The minimum Gasteiger partial charge on any atom is -0.326 e. The summed E-state index contributed by atoms with van der Waals surface area (Å²) in [5, 5.41) is 3.09. The molecule has 1 aliphatic heterocycles. The van der Waals surface area contributed by atoms with Crippen LogP contribution in [0, 0.1) is 25.5 Å². The van der Waals surface area contributed by atoms with Crippen molar-refractivity contribution in [2.24, 2.45) is 0 Å². The molecule has 0 unspecified atom stereocenters. The number of imidazole rings is 1. The van der Waals surface area contributed by atoms with E-state index in [1.54, 1.807) is 6.07 Å². The summed E-state index contributed by atoms with van der Waals surface area (Å²) < 4.78 is 57.6. The van der Waals surface area contributed by atoms with Crippen LogP contribution < -0.4 is 5.32 Å². The number of nitrogens with one attached hydrogen (secondary N) is 1. The molecule has 0 spiro atoms. The quantitative estimate of drug-likeness (QED) is 0.263. The fourth-order valence-electron chi connectivity index (χ4n) is 5.43. The van der Waals surface area contributed by atoms with Gasteiger partial charge in [0.25, 0.3) is 10.1 Å². The number of rotatable bonds is 6. The maximum atomic E-state index is 15.0. The third-order valence-corrected chi connectivity index (χ3v) is 7.30. The van der Waals surface area contributed by atoms with Crippen LogP contribution in [0.4, 0.5) is 20.5 Å². The second-order valence-corrected chi connectivity index (χ2v) is 12.2. The largest absolute Gasteiger partial charge is 0.326 e. The summed E-state index contributed by atoms with van der Waals surface area (Å²) in [6.45, 7) is 13.4. The van der Waals surface area contributed by atoms with E-state index < -0.39 is 21.8 Å². The Balaban J connectivity index is 0.000000748. The van der Waals surface area contributed by atoms with E-state index in [4.69, 9.17) is 9.54 Å². The molecule has 0 saturated carbocycles. The van der Waals surface area contributed by atoms with Crippen molar-refractivity contribution >= 4 is 32.9 Å². The van der Waals surface area contributed by atoms with E-state index in [1.165, 1.54) is 11.6 Å². The van der Waals surface area contributed by atoms with Gasteiger partial charge < -0.3 is 14.8 Å². The van der Waals surface area contributed by atoms with Crippen molar-refractivity contribution in [3.63, 3.8) is 0 Å². The van der Waals surface area contributed by atoms with Crippen molar-refractivity contribution in [1.82, 2.24) is 29.4 Å². The molecule has 1 aromatic carbocycles. The van der Waals surface area contributed by atoms with Crippen LogP contribution in [0.1, 0.15) is 62.7 Å². The van der Waals surface area contributed by atoms with E-state index >= 15 is 0 Å². The summed E-state index contributed by atoms with van der Waals surface area (Å²) in [6.07, 6.45) is 4.07. The minimum absolute atomic E-state index is 0.0171. The van der Waals surface area contributed by atoms with E-state index in [0.717, 1.165) is 44.4 Å². The molecule has 226 valence electrons. The maximum Gasteiger partial charge on any atom is 0.261 e. The number of piperidine rings is 1. The molecule has 0 bridgehead atoms. The number of benzene rings is 1. The number of pyridine rings is 1. The average molecular weight is 602 g/mol. The Labute approximate surface area is 245 Å². The molecule has 0 atom stereocenters. The first-order chi connectivity index (χ1) is 19.7. The zero-order valence-corrected chi connectivity index (χ0v) is 25.5. The van der Waals surface area contributed by atoms with Gasteiger partial charge in [-0.25, -0.2) is 28.7 Å². The van der Waals surface area contributed by atoms with Crippen LogP contribution in [0.3, 0.4) is 0 Å². The van der Waals surface area contributed by atoms with Gasteiger partial charge in [0.05, 0.1) is 18.0 Å². The van der Waals surface area contributed by atoms with Gasteiger partial charge >= 0.3 is 0 Å². The summed E-state index contributed by atoms with van der Waals surface area (Å²) in [5.74, 6) is 0.842. The first-order valence-electron chi connectivity index (χ1n) is 13.9. The number of fused-ring (bicyclic) bond motifs is 1. The predicted molar refractivity (Wildman–Crippen MR) is 160 cm³/mol. The summed E-state index contributed by atoms with van der Waals surface area (Å²) in [4.78, 5) is 20.0. The van der Waals surface area contributed by atoms with Crippen LogP contribution in [0.5, 0.6) is 0 Å². The zero-order valence-electron chi connectivity index (χ0n) is 24.7. The SMILES string of the molecule is CCN1CCC(c2ccc(Nc3ncc(F)c(-c4cc(F)c5nc(C)n(C(C)C)c5c4)n3)nc2C)CC1.CS(=O)(=O)O. The molecular formula is C29H37F2N7O3S. The van der Waals surface area contributed by atoms with Gasteiger partial charge in [-0.15, -0.1) is 0 Å². The Kier molecular flexibility index (Phi) is 9.53. The lowest BCUT2D eigenvalue weighted by atomic mass is 9.88. The van der Waals surface area contributed by atoms with E-state index in [2.05, 4.69) is 38.2 Å². The number of hydrogen-bond acceptors (Lipinski definition) is 8. The summed E-state index contributed by atoms with van der Waals surface area (Å²) in [5.41, 5.74) is 3.45. The molecule has 4 aromatic rings. The summed E-state index contributed by atoms with van der Waals surface area (Å²) >= 11 is 0. The van der Waals surface area contributed by atoms with Gasteiger partial charge in [0, 0.05) is 17.3 Å².